The highest BCUT2D eigenvalue weighted by Gasteiger charge is 2.06. The van der Waals surface area contributed by atoms with Crippen LogP contribution in [0, 0.1) is 0 Å². The summed E-state index contributed by atoms with van der Waals surface area (Å²) in [4.78, 5) is 0. The Labute approximate surface area is 93.0 Å². The van der Waals surface area contributed by atoms with Gasteiger partial charge in [0, 0.05) is 12.1 Å². The molecule has 15 heavy (non-hydrogen) atoms. The zero-order valence-electron chi connectivity index (χ0n) is 10.4. The summed E-state index contributed by atoms with van der Waals surface area (Å²) in [5.41, 5.74) is 0.145. The van der Waals surface area contributed by atoms with Gasteiger partial charge in [-0.3, -0.25) is 0 Å². The van der Waals surface area contributed by atoms with Crippen LogP contribution in [-0.2, 0) is 9.47 Å². The van der Waals surface area contributed by atoms with E-state index in [2.05, 4.69) is 26.1 Å². The van der Waals surface area contributed by atoms with Gasteiger partial charge in [-0.15, -0.1) is 0 Å². The Morgan fingerprint density at radius 2 is 1.73 bits per heavy atom. The van der Waals surface area contributed by atoms with Crippen molar-refractivity contribution in [2.45, 2.75) is 39.3 Å². The Morgan fingerprint density at radius 3 is 2.27 bits per heavy atom. The van der Waals surface area contributed by atoms with Crippen LogP contribution in [0.1, 0.15) is 27.7 Å². The molecule has 0 aliphatic carbocycles. The highest BCUT2D eigenvalue weighted by molar-refractivity contribution is 4.69. The van der Waals surface area contributed by atoms with E-state index in [1.54, 1.807) is 6.92 Å². The van der Waals surface area contributed by atoms with Crippen LogP contribution in [0.4, 0.5) is 0 Å². The summed E-state index contributed by atoms with van der Waals surface area (Å²) < 4.78 is 10.5. The smallest absolute Gasteiger partial charge is 0.0745 e. The molecule has 0 bridgehead atoms. The van der Waals surface area contributed by atoms with Gasteiger partial charge in [0.1, 0.15) is 0 Å². The van der Waals surface area contributed by atoms with Gasteiger partial charge < -0.3 is 19.9 Å². The van der Waals surface area contributed by atoms with E-state index in [9.17, 15) is 0 Å². The summed E-state index contributed by atoms with van der Waals surface area (Å²) in [5, 5.41) is 12.2. The van der Waals surface area contributed by atoms with Gasteiger partial charge in [-0.2, -0.15) is 0 Å². The normalized spacial score (nSPS) is 14.2. The molecule has 0 aromatic carbocycles. The maximum absolute atomic E-state index is 8.91. The van der Waals surface area contributed by atoms with E-state index < -0.39 is 6.10 Å². The molecule has 2 N–H and O–H groups in total. The Hall–Kier alpha value is -0.160. The Morgan fingerprint density at radius 1 is 1.13 bits per heavy atom. The highest BCUT2D eigenvalue weighted by atomic mass is 16.5. The molecule has 0 heterocycles. The average Bonchev–Trinajstić information content (AvgIpc) is 2.07. The maximum Gasteiger partial charge on any atom is 0.0745 e. The van der Waals surface area contributed by atoms with E-state index in [1.165, 1.54) is 0 Å². The minimum Gasteiger partial charge on any atom is -0.391 e. The molecule has 0 radical (unpaired) electrons. The lowest BCUT2D eigenvalue weighted by molar-refractivity contribution is 0.00960. The molecule has 92 valence electrons. The van der Waals surface area contributed by atoms with Crippen molar-refractivity contribution in [2.24, 2.45) is 0 Å². The second kappa shape index (κ2) is 8.05. The number of aliphatic hydroxyl groups excluding tert-OH is 1. The van der Waals surface area contributed by atoms with Crippen molar-refractivity contribution in [3.05, 3.63) is 0 Å². The SMILES string of the molecule is CC(O)COCCOCCNC(C)(C)C. The monoisotopic (exact) mass is 219 g/mol. The largest absolute Gasteiger partial charge is 0.391 e. The molecular formula is C11H25NO3. The number of aliphatic hydroxyl groups is 1. The average molecular weight is 219 g/mol. The summed E-state index contributed by atoms with van der Waals surface area (Å²) in [6, 6.07) is 0. The van der Waals surface area contributed by atoms with Gasteiger partial charge in [-0.25, -0.2) is 0 Å². The molecule has 0 rings (SSSR count). The molecule has 0 aromatic rings. The van der Waals surface area contributed by atoms with Gasteiger partial charge in [-0.05, 0) is 27.7 Å². The van der Waals surface area contributed by atoms with Crippen LogP contribution in [0.3, 0.4) is 0 Å². The van der Waals surface area contributed by atoms with Gasteiger partial charge in [0.15, 0.2) is 0 Å². The fourth-order valence-corrected chi connectivity index (χ4v) is 0.972. The number of rotatable bonds is 8. The van der Waals surface area contributed by atoms with Crippen molar-refractivity contribution >= 4 is 0 Å². The fourth-order valence-electron chi connectivity index (χ4n) is 0.972. The third-order valence-electron chi connectivity index (χ3n) is 1.63. The summed E-state index contributed by atoms with van der Waals surface area (Å²) in [7, 11) is 0. The van der Waals surface area contributed by atoms with Crippen molar-refractivity contribution in [1.29, 1.82) is 0 Å². The second-order valence-electron chi connectivity index (χ2n) is 4.71. The first-order valence-corrected chi connectivity index (χ1v) is 5.50. The zero-order valence-corrected chi connectivity index (χ0v) is 10.4. The summed E-state index contributed by atoms with van der Waals surface area (Å²) in [5.74, 6) is 0. The van der Waals surface area contributed by atoms with E-state index in [-0.39, 0.29) is 5.54 Å². The molecule has 0 spiro atoms. The summed E-state index contributed by atoms with van der Waals surface area (Å²) >= 11 is 0. The lowest BCUT2D eigenvalue weighted by Crippen LogP contribution is -2.38. The predicted octanol–water partition coefficient (Wildman–Crippen LogP) is 0.788. The van der Waals surface area contributed by atoms with Crippen LogP contribution >= 0.6 is 0 Å². The minimum atomic E-state index is -0.396. The highest BCUT2D eigenvalue weighted by Crippen LogP contribution is 1.96. The second-order valence-corrected chi connectivity index (χ2v) is 4.71. The molecule has 0 aliphatic rings. The van der Waals surface area contributed by atoms with Crippen molar-refractivity contribution in [3.8, 4) is 0 Å². The molecule has 0 saturated heterocycles. The van der Waals surface area contributed by atoms with Crippen LogP contribution in [0.2, 0.25) is 0 Å². The first kappa shape index (κ1) is 14.8. The Bertz CT molecular complexity index is 143. The number of hydrogen-bond acceptors (Lipinski definition) is 4. The number of hydrogen-bond donors (Lipinski definition) is 2. The molecule has 0 fully saturated rings. The van der Waals surface area contributed by atoms with Gasteiger partial charge in [-0.1, -0.05) is 0 Å². The predicted molar refractivity (Wildman–Crippen MR) is 61.1 cm³/mol. The molecular weight excluding hydrogens is 194 g/mol. The Balaban J connectivity index is 3.06. The fraction of sp³-hybridized carbons (Fsp3) is 1.00. The standard InChI is InChI=1S/C11H25NO3/c1-10(13)9-15-8-7-14-6-5-12-11(2,3)4/h10,12-13H,5-9H2,1-4H3. The third kappa shape index (κ3) is 13.8. The van der Waals surface area contributed by atoms with Crippen molar-refractivity contribution in [3.63, 3.8) is 0 Å². The molecule has 0 aromatic heterocycles. The zero-order chi connectivity index (χ0) is 11.7. The molecule has 0 amide bonds. The molecule has 0 saturated carbocycles. The van der Waals surface area contributed by atoms with Gasteiger partial charge in [0.2, 0.25) is 0 Å². The van der Waals surface area contributed by atoms with Crippen LogP contribution in [0.15, 0.2) is 0 Å². The molecule has 1 atom stereocenters. The number of ether oxygens (including phenoxy) is 2. The maximum atomic E-state index is 8.91. The first-order chi connectivity index (χ1) is 6.92. The van der Waals surface area contributed by atoms with Crippen molar-refractivity contribution in [1.82, 2.24) is 5.32 Å². The Kier molecular flexibility index (Phi) is 7.96. The first-order valence-electron chi connectivity index (χ1n) is 5.50. The van der Waals surface area contributed by atoms with Gasteiger partial charge in [0.25, 0.3) is 0 Å². The van der Waals surface area contributed by atoms with E-state index >= 15 is 0 Å². The van der Waals surface area contributed by atoms with Crippen LogP contribution in [0.5, 0.6) is 0 Å². The van der Waals surface area contributed by atoms with Gasteiger partial charge in [0.05, 0.1) is 32.5 Å². The molecule has 1 unspecified atom stereocenters. The molecule has 4 nitrogen and oxygen atoms in total. The van der Waals surface area contributed by atoms with Crippen molar-refractivity contribution < 1.29 is 14.6 Å². The summed E-state index contributed by atoms with van der Waals surface area (Å²) in [6.45, 7) is 11.1. The summed E-state index contributed by atoms with van der Waals surface area (Å²) in [6.07, 6.45) is -0.396. The van der Waals surface area contributed by atoms with E-state index in [0.29, 0.717) is 26.4 Å². The van der Waals surface area contributed by atoms with Crippen molar-refractivity contribution in [2.75, 3.05) is 33.0 Å². The van der Waals surface area contributed by atoms with Crippen LogP contribution < -0.4 is 5.32 Å². The van der Waals surface area contributed by atoms with E-state index in [0.717, 1.165) is 6.54 Å². The third-order valence-corrected chi connectivity index (χ3v) is 1.63. The van der Waals surface area contributed by atoms with E-state index in [4.69, 9.17) is 14.6 Å². The molecule has 0 aliphatic heterocycles. The quantitative estimate of drug-likeness (QED) is 0.593. The number of nitrogens with one attached hydrogen (secondary N) is 1. The topological polar surface area (TPSA) is 50.7 Å². The van der Waals surface area contributed by atoms with Crippen LogP contribution in [0.25, 0.3) is 0 Å². The minimum absolute atomic E-state index is 0.145. The van der Waals surface area contributed by atoms with Crippen LogP contribution in [-0.4, -0.2) is 49.7 Å². The molecule has 4 heteroatoms. The lowest BCUT2D eigenvalue weighted by atomic mass is 10.1. The van der Waals surface area contributed by atoms with E-state index in [1.807, 2.05) is 0 Å². The van der Waals surface area contributed by atoms with Gasteiger partial charge >= 0.3 is 0 Å². The lowest BCUT2D eigenvalue weighted by Gasteiger charge is -2.20.